The molecule has 0 radical (unpaired) electrons. The molecule has 37 heavy (non-hydrogen) atoms. The van der Waals surface area contributed by atoms with Gasteiger partial charge in [-0.1, -0.05) is 142 Å². The molecule has 0 bridgehead atoms. The molecule has 0 aromatic heterocycles. The Bertz CT molecular complexity index is 423. The minimum absolute atomic E-state index is 0.478. The van der Waals surface area contributed by atoms with Crippen molar-refractivity contribution in [2.45, 2.75) is 207 Å². The van der Waals surface area contributed by atoms with Gasteiger partial charge in [-0.15, -0.1) is 0 Å². The minimum atomic E-state index is 0.478. The average Bonchev–Trinajstić information content (AvgIpc) is 2.90. The lowest BCUT2D eigenvalue weighted by molar-refractivity contribution is -0.0307. The Morgan fingerprint density at radius 2 is 0.676 bits per heavy atom. The number of rotatable bonds is 30. The number of hydrogen-bond acceptors (Lipinski definition) is 1. The van der Waals surface area contributed by atoms with Crippen LogP contribution in [0.3, 0.4) is 0 Å². The van der Waals surface area contributed by atoms with Gasteiger partial charge in [0.25, 0.3) is 0 Å². The van der Waals surface area contributed by atoms with E-state index < -0.39 is 0 Å². The van der Waals surface area contributed by atoms with E-state index in [9.17, 15) is 0 Å². The lowest BCUT2D eigenvalue weighted by Gasteiger charge is -2.25. The Morgan fingerprint density at radius 1 is 0.351 bits per heavy atom. The van der Waals surface area contributed by atoms with Crippen LogP contribution in [0.4, 0.5) is 0 Å². The summed E-state index contributed by atoms with van der Waals surface area (Å²) >= 11 is 0. The van der Waals surface area contributed by atoms with Crippen LogP contribution in [-0.4, -0.2) is 12.2 Å². The second kappa shape index (κ2) is 31.7. The molecule has 0 N–H and O–H groups in total. The maximum absolute atomic E-state index is 6.70. The predicted molar refractivity (Wildman–Crippen MR) is 170 cm³/mol. The van der Waals surface area contributed by atoms with Gasteiger partial charge in [-0.2, -0.15) is 0 Å². The smallest absolute Gasteiger partial charge is 0.0578 e. The SMILES string of the molecule is CCCCCCCC/C=C\CCCCC(CCC)OC(CCC)CCCC/C=C\CCCCCCCC. The van der Waals surface area contributed by atoms with Crippen LogP contribution in [0.25, 0.3) is 0 Å². The minimum Gasteiger partial charge on any atom is -0.375 e. The molecule has 0 fully saturated rings. The first-order valence-electron chi connectivity index (χ1n) is 17.2. The zero-order chi connectivity index (χ0) is 27.1. The third kappa shape index (κ3) is 28.3. The van der Waals surface area contributed by atoms with Gasteiger partial charge in [0, 0.05) is 0 Å². The van der Waals surface area contributed by atoms with Gasteiger partial charge in [0.05, 0.1) is 12.2 Å². The number of unbranched alkanes of at least 4 members (excludes halogenated alkanes) is 16. The Morgan fingerprint density at radius 3 is 1.03 bits per heavy atom. The van der Waals surface area contributed by atoms with Crippen LogP contribution < -0.4 is 0 Å². The summed E-state index contributed by atoms with van der Waals surface area (Å²) in [6.45, 7) is 9.21. The zero-order valence-corrected chi connectivity index (χ0v) is 26.3. The maximum Gasteiger partial charge on any atom is 0.0578 e. The lowest BCUT2D eigenvalue weighted by Crippen LogP contribution is -2.22. The van der Waals surface area contributed by atoms with E-state index in [0.717, 1.165) is 0 Å². The van der Waals surface area contributed by atoms with Crippen LogP contribution in [0.2, 0.25) is 0 Å². The van der Waals surface area contributed by atoms with Gasteiger partial charge in [0.15, 0.2) is 0 Å². The van der Waals surface area contributed by atoms with Crippen molar-refractivity contribution >= 4 is 0 Å². The average molecular weight is 519 g/mol. The van der Waals surface area contributed by atoms with Gasteiger partial charge in [0.2, 0.25) is 0 Å². The molecule has 0 amide bonds. The molecule has 1 heteroatoms. The maximum atomic E-state index is 6.70. The third-order valence-electron chi connectivity index (χ3n) is 7.68. The molecule has 0 aromatic rings. The fraction of sp³-hybridized carbons (Fsp3) is 0.889. The first kappa shape index (κ1) is 36.4. The normalized spacial score (nSPS) is 13.7. The summed E-state index contributed by atoms with van der Waals surface area (Å²) in [6.07, 6.45) is 45.3. The molecule has 1 nitrogen and oxygen atoms in total. The molecule has 0 aliphatic carbocycles. The van der Waals surface area contributed by atoms with Gasteiger partial charge in [0.1, 0.15) is 0 Å². The van der Waals surface area contributed by atoms with Crippen molar-refractivity contribution in [3.63, 3.8) is 0 Å². The molecular weight excluding hydrogens is 448 g/mol. The highest BCUT2D eigenvalue weighted by molar-refractivity contribution is 4.82. The molecule has 2 unspecified atom stereocenters. The first-order chi connectivity index (χ1) is 18.3. The first-order valence-corrected chi connectivity index (χ1v) is 17.2. The van der Waals surface area contributed by atoms with Crippen LogP contribution in [-0.2, 0) is 4.74 Å². The van der Waals surface area contributed by atoms with Crippen molar-refractivity contribution in [1.82, 2.24) is 0 Å². The predicted octanol–water partition coefficient (Wildman–Crippen LogP) is 13.1. The molecular formula is C36H70O. The summed E-state index contributed by atoms with van der Waals surface area (Å²) in [5.74, 6) is 0. The number of allylic oxidation sites excluding steroid dienone is 4. The van der Waals surface area contributed by atoms with E-state index in [1.807, 2.05) is 0 Å². The highest BCUT2D eigenvalue weighted by Crippen LogP contribution is 2.20. The van der Waals surface area contributed by atoms with Crippen LogP contribution in [0.15, 0.2) is 24.3 Å². The second-order valence-corrected chi connectivity index (χ2v) is 11.6. The summed E-state index contributed by atoms with van der Waals surface area (Å²) in [5, 5.41) is 0. The van der Waals surface area contributed by atoms with E-state index >= 15 is 0 Å². The van der Waals surface area contributed by atoms with Crippen molar-refractivity contribution in [2.24, 2.45) is 0 Å². The Hall–Kier alpha value is -0.560. The van der Waals surface area contributed by atoms with Crippen LogP contribution in [0, 0.1) is 0 Å². The monoisotopic (exact) mass is 519 g/mol. The molecule has 0 aliphatic rings. The number of hydrogen-bond donors (Lipinski definition) is 0. The molecule has 0 aliphatic heterocycles. The van der Waals surface area contributed by atoms with Gasteiger partial charge >= 0.3 is 0 Å². The summed E-state index contributed by atoms with van der Waals surface area (Å²) in [7, 11) is 0. The van der Waals surface area contributed by atoms with Gasteiger partial charge in [-0.3, -0.25) is 0 Å². The number of ether oxygens (including phenoxy) is 1. The van der Waals surface area contributed by atoms with E-state index in [0.29, 0.717) is 12.2 Å². The molecule has 2 atom stereocenters. The fourth-order valence-electron chi connectivity index (χ4n) is 5.30. The van der Waals surface area contributed by atoms with Crippen LogP contribution in [0.1, 0.15) is 195 Å². The molecule has 0 saturated heterocycles. The standard InChI is InChI=1S/C36H70O/c1-5-9-11-13-15-17-19-21-23-25-27-29-33-35(31-7-3)37-36(32-8-4)34-30-28-26-24-22-20-18-16-14-12-10-6-2/h21-24,35-36H,5-20,25-34H2,1-4H3/b23-21-,24-22-. The van der Waals surface area contributed by atoms with Crippen molar-refractivity contribution in [3.8, 4) is 0 Å². The molecule has 0 aromatic carbocycles. The van der Waals surface area contributed by atoms with Crippen LogP contribution >= 0.6 is 0 Å². The van der Waals surface area contributed by atoms with E-state index in [1.54, 1.807) is 0 Å². The summed E-state index contributed by atoms with van der Waals surface area (Å²) < 4.78 is 6.70. The second-order valence-electron chi connectivity index (χ2n) is 11.6. The fourth-order valence-corrected chi connectivity index (χ4v) is 5.30. The van der Waals surface area contributed by atoms with Gasteiger partial charge in [-0.05, 0) is 77.0 Å². The van der Waals surface area contributed by atoms with Crippen molar-refractivity contribution in [1.29, 1.82) is 0 Å². The highest BCUT2D eigenvalue weighted by Gasteiger charge is 2.15. The Kier molecular flexibility index (Phi) is 31.2. The largest absolute Gasteiger partial charge is 0.375 e. The Balaban J connectivity index is 3.93. The summed E-state index contributed by atoms with van der Waals surface area (Å²) in [4.78, 5) is 0. The topological polar surface area (TPSA) is 9.23 Å². The van der Waals surface area contributed by atoms with Gasteiger partial charge < -0.3 is 4.74 Å². The summed E-state index contributed by atoms with van der Waals surface area (Å²) in [6, 6.07) is 0. The third-order valence-corrected chi connectivity index (χ3v) is 7.68. The van der Waals surface area contributed by atoms with E-state index in [1.165, 1.54) is 167 Å². The van der Waals surface area contributed by atoms with Gasteiger partial charge in [-0.25, -0.2) is 0 Å². The van der Waals surface area contributed by atoms with Crippen molar-refractivity contribution < 1.29 is 4.74 Å². The van der Waals surface area contributed by atoms with Crippen LogP contribution in [0.5, 0.6) is 0 Å². The quantitative estimate of drug-likeness (QED) is 0.0678. The molecule has 0 rings (SSSR count). The lowest BCUT2D eigenvalue weighted by atomic mass is 10.0. The van der Waals surface area contributed by atoms with E-state index in [4.69, 9.17) is 4.74 Å². The zero-order valence-electron chi connectivity index (χ0n) is 26.3. The molecule has 0 saturated carbocycles. The summed E-state index contributed by atoms with van der Waals surface area (Å²) in [5.41, 5.74) is 0. The van der Waals surface area contributed by atoms with E-state index in [-0.39, 0.29) is 0 Å². The van der Waals surface area contributed by atoms with Crippen molar-refractivity contribution in [3.05, 3.63) is 24.3 Å². The molecule has 0 heterocycles. The van der Waals surface area contributed by atoms with Crippen molar-refractivity contribution in [2.75, 3.05) is 0 Å². The Labute approximate surface area is 235 Å². The van der Waals surface area contributed by atoms with E-state index in [2.05, 4.69) is 52.0 Å². The highest BCUT2D eigenvalue weighted by atomic mass is 16.5. The molecule has 220 valence electrons. The molecule has 0 spiro atoms.